The van der Waals surface area contributed by atoms with Gasteiger partial charge in [-0.25, -0.2) is 4.79 Å². The molecule has 1 aromatic carbocycles. The van der Waals surface area contributed by atoms with E-state index in [-0.39, 0.29) is 5.91 Å². The zero-order valence-electron chi connectivity index (χ0n) is 11.1. The van der Waals surface area contributed by atoms with Gasteiger partial charge in [0.05, 0.1) is 4.88 Å². The van der Waals surface area contributed by atoms with Crippen molar-refractivity contribution in [2.75, 3.05) is 5.32 Å². The van der Waals surface area contributed by atoms with Gasteiger partial charge in [0.1, 0.15) is 0 Å². The van der Waals surface area contributed by atoms with E-state index in [4.69, 9.17) is 16.7 Å². The summed E-state index contributed by atoms with van der Waals surface area (Å²) in [6, 6.07) is 6.89. The number of rotatable bonds is 4. The molecule has 0 fully saturated rings. The molecule has 0 unspecified atom stereocenters. The Morgan fingerprint density at radius 2 is 2.10 bits per heavy atom. The molecule has 21 heavy (non-hydrogen) atoms. The SMILES string of the molecule is Cc1cc(Cl)ccc1NC(=O)c1sccc1C=CC(=O)O. The zero-order valence-corrected chi connectivity index (χ0v) is 12.7. The topological polar surface area (TPSA) is 66.4 Å². The molecule has 0 aliphatic rings. The van der Waals surface area contributed by atoms with Crippen LogP contribution >= 0.6 is 22.9 Å². The summed E-state index contributed by atoms with van der Waals surface area (Å²) < 4.78 is 0. The van der Waals surface area contributed by atoms with Gasteiger partial charge in [0.2, 0.25) is 0 Å². The highest BCUT2D eigenvalue weighted by atomic mass is 35.5. The molecule has 2 N–H and O–H groups in total. The molecule has 0 radical (unpaired) electrons. The molecule has 1 heterocycles. The van der Waals surface area contributed by atoms with Crippen molar-refractivity contribution in [3.8, 4) is 0 Å². The Kier molecular flexibility index (Phi) is 4.77. The second-order valence-corrected chi connectivity index (χ2v) is 5.64. The Bertz CT molecular complexity index is 721. The Morgan fingerprint density at radius 3 is 2.76 bits per heavy atom. The average molecular weight is 322 g/mol. The third-order valence-corrected chi connectivity index (χ3v) is 3.91. The molecule has 2 aromatic rings. The Labute approximate surface area is 130 Å². The van der Waals surface area contributed by atoms with Crippen LogP contribution in [0.4, 0.5) is 5.69 Å². The molecule has 4 nitrogen and oxygen atoms in total. The normalized spacial score (nSPS) is 10.8. The summed E-state index contributed by atoms with van der Waals surface area (Å²) >= 11 is 7.13. The van der Waals surface area contributed by atoms with E-state index in [1.54, 1.807) is 29.6 Å². The Balaban J connectivity index is 2.21. The molecule has 0 aliphatic heterocycles. The first-order valence-corrected chi connectivity index (χ1v) is 7.29. The number of amides is 1. The first-order chi connectivity index (χ1) is 9.97. The second kappa shape index (κ2) is 6.56. The number of carboxylic acids is 1. The monoisotopic (exact) mass is 321 g/mol. The molecule has 0 spiro atoms. The number of benzene rings is 1. The lowest BCUT2D eigenvalue weighted by Gasteiger charge is -2.08. The number of aryl methyl sites for hydroxylation is 1. The van der Waals surface area contributed by atoms with E-state index in [0.29, 0.717) is 21.2 Å². The van der Waals surface area contributed by atoms with Gasteiger partial charge in [0.15, 0.2) is 0 Å². The fourth-order valence-corrected chi connectivity index (χ4v) is 2.75. The quantitative estimate of drug-likeness (QED) is 0.834. The lowest BCUT2D eigenvalue weighted by Crippen LogP contribution is -2.12. The van der Waals surface area contributed by atoms with Crippen LogP contribution in [-0.4, -0.2) is 17.0 Å². The molecular weight excluding hydrogens is 310 g/mol. The van der Waals surface area contributed by atoms with E-state index < -0.39 is 5.97 Å². The van der Waals surface area contributed by atoms with Gasteiger partial charge in [0, 0.05) is 16.8 Å². The van der Waals surface area contributed by atoms with Crippen molar-refractivity contribution in [1.29, 1.82) is 0 Å². The Hall–Kier alpha value is -2.11. The van der Waals surface area contributed by atoms with Crippen LogP contribution in [-0.2, 0) is 4.79 Å². The average Bonchev–Trinajstić information content (AvgIpc) is 2.88. The summed E-state index contributed by atoms with van der Waals surface area (Å²) in [6.45, 7) is 1.85. The van der Waals surface area contributed by atoms with Crippen LogP contribution < -0.4 is 5.32 Å². The standard InChI is InChI=1S/C15H12ClNO3S/c1-9-8-11(16)3-4-12(9)17-15(20)14-10(6-7-21-14)2-5-13(18)19/h2-8H,1H3,(H,17,20)(H,18,19). The molecule has 0 saturated heterocycles. The van der Waals surface area contributed by atoms with E-state index in [2.05, 4.69) is 5.32 Å². The summed E-state index contributed by atoms with van der Waals surface area (Å²) in [6.07, 6.45) is 2.41. The van der Waals surface area contributed by atoms with Crippen LogP contribution in [0.2, 0.25) is 5.02 Å². The number of thiophene rings is 1. The number of carbonyl (C=O) groups is 2. The molecule has 108 valence electrons. The lowest BCUT2D eigenvalue weighted by molar-refractivity contribution is -0.131. The number of hydrogen-bond acceptors (Lipinski definition) is 3. The van der Waals surface area contributed by atoms with Crippen molar-refractivity contribution in [3.63, 3.8) is 0 Å². The van der Waals surface area contributed by atoms with Crippen LogP contribution in [0, 0.1) is 6.92 Å². The molecule has 0 aliphatic carbocycles. The lowest BCUT2D eigenvalue weighted by atomic mass is 10.2. The van der Waals surface area contributed by atoms with E-state index in [0.717, 1.165) is 11.6 Å². The van der Waals surface area contributed by atoms with Crippen molar-refractivity contribution >= 4 is 46.6 Å². The van der Waals surface area contributed by atoms with Gasteiger partial charge in [-0.05, 0) is 53.8 Å². The predicted octanol–water partition coefficient (Wildman–Crippen LogP) is 4.06. The van der Waals surface area contributed by atoms with Crippen LogP contribution in [0.3, 0.4) is 0 Å². The molecule has 0 saturated carbocycles. The van der Waals surface area contributed by atoms with Crippen LogP contribution in [0.5, 0.6) is 0 Å². The molecule has 0 atom stereocenters. The summed E-state index contributed by atoms with van der Waals surface area (Å²) in [5.74, 6) is -1.33. The van der Waals surface area contributed by atoms with Gasteiger partial charge in [-0.3, -0.25) is 4.79 Å². The van der Waals surface area contributed by atoms with Crippen molar-refractivity contribution in [1.82, 2.24) is 0 Å². The first kappa shape index (κ1) is 15.3. The molecule has 1 amide bonds. The van der Waals surface area contributed by atoms with Crippen molar-refractivity contribution in [2.24, 2.45) is 0 Å². The largest absolute Gasteiger partial charge is 0.478 e. The number of hydrogen-bond donors (Lipinski definition) is 2. The Morgan fingerprint density at radius 1 is 1.33 bits per heavy atom. The van der Waals surface area contributed by atoms with Gasteiger partial charge in [-0.15, -0.1) is 11.3 Å². The van der Waals surface area contributed by atoms with E-state index >= 15 is 0 Å². The first-order valence-electron chi connectivity index (χ1n) is 6.03. The minimum atomic E-state index is -1.05. The molecule has 6 heteroatoms. The van der Waals surface area contributed by atoms with Gasteiger partial charge in [-0.2, -0.15) is 0 Å². The van der Waals surface area contributed by atoms with Gasteiger partial charge >= 0.3 is 5.97 Å². The van der Waals surface area contributed by atoms with Crippen LogP contribution in [0.25, 0.3) is 6.08 Å². The number of anilines is 1. The summed E-state index contributed by atoms with van der Waals surface area (Å²) in [5, 5.41) is 13.8. The number of halogens is 1. The minimum Gasteiger partial charge on any atom is -0.478 e. The van der Waals surface area contributed by atoms with E-state index in [1.807, 2.05) is 6.92 Å². The molecule has 1 aromatic heterocycles. The highest BCUT2D eigenvalue weighted by Crippen LogP contribution is 2.23. The van der Waals surface area contributed by atoms with Crippen molar-refractivity contribution in [2.45, 2.75) is 6.92 Å². The number of aliphatic carboxylic acids is 1. The highest BCUT2D eigenvalue weighted by molar-refractivity contribution is 7.12. The maximum absolute atomic E-state index is 12.3. The van der Waals surface area contributed by atoms with Gasteiger partial charge in [-0.1, -0.05) is 11.6 Å². The van der Waals surface area contributed by atoms with Crippen molar-refractivity contribution in [3.05, 3.63) is 56.7 Å². The smallest absolute Gasteiger partial charge is 0.328 e. The predicted molar refractivity (Wildman–Crippen MR) is 85.1 cm³/mol. The van der Waals surface area contributed by atoms with Crippen molar-refractivity contribution < 1.29 is 14.7 Å². The van der Waals surface area contributed by atoms with Gasteiger partial charge < -0.3 is 10.4 Å². The summed E-state index contributed by atoms with van der Waals surface area (Å²) in [5.41, 5.74) is 2.10. The summed E-state index contributed by atoms with van der Waals surface area (Å²) in [7, 11) is 0. The maximum atomic E-state index is 12.3. The second-order valence-electron chi connectivity index (χ2n) is 4.29. The number of carboxylic acid groups (broad SMARTS) is 1. The zero-order chi connectivity index (χ0) is 15.4. The highest BCUT2D eigenvalue weighted by Gasteiger charge is 2.13. The summed E-state index contributed by atoms with van der Waals surface area (Å²) in [4.78, 5) is 23.3. The fraction of sp³-hybridized carbons (Fsp3) is 0.0667. The maximum Gasteiger partial charge on any atom is 0.328 e. The van der Waals surface area contributed by atoms with Gasteiger partial charge in [0.25, 0.3) is 5.91 Å². The third kappa shape index (κ3) is 3.93. The number of nitrogens with one attached hydrogen (secondary N) is 1. The fourth-order valence-electron chi connectivity index (χ4n) is 1.74. The van der Waals surface area contributed by atoms with E-state index in [9.17, 15) is 9.59 Å². The molecule has 0 bridgehead atoms. The van der Waals surface area contributed by atoms with Crippen LogP contribution in [0.1, 0.15) is 20.8 Å². The molecule has 2 rings (SSSR count). The van der Waals surface area contributed by atoms with E-state index in [1.165, 1.54) is 17.4 Å². The number of carbonyl (C=O) groups excluding carboxylic acids is 1. The van der Waals surface area contributed by atoms with Crippen LogP contribution in [0.15, 0.2) is 35.7 Å². The minimum absolute atomic E-state index is 0.277. The third-order valence-electron chi connectivity index (χ3n) is 2.74. The molecular formula is C15H12ClNO3S.